The van der Waals surface area contributed by atoms with Crippen molar-refractivity contribution < 1.29 is 14.3 Å². The van der Waals surface area contributed by atoms with Crippen LogP contribution in [0.4, 0.5) is 11.5 Å². The second kappa shape index (κ2) is 7.57. The molecule has 0 aliphatic heterocycles. The lowest BCUT2D eigenvalue weighted by Gasteiger charge is -2.26. The maximum Gasteiger partial charge on any atom is 0.318 e. The zero-order valence-electron chi connectivity index (χ0n) is 14.8. The number of amides is 1. The molecule has 25 heavy (non-hydrogen) atoms. The van der Waals surface area contributed by atoms with E-state index >= 15 is 0 Å². The number of carbonyl (C=O) groups excluding carboxylic acids is 1. The van der Waals surface area contributed by atoms with Crippen molar-refractivity contribution >= 4 is 29.0 Å². The summed E-state index contributed by atoms with van der Waals surface area (Å²) in [7, 11) is 5.11. The summed E-state index contributed by atoms with van der Waals surface area (Å²) in [5, 5.41) is 3.40. The summed E-state index contributed by atoms with van der Waals surface area (Å²) >= 11 is 5.86. The van der Waals surface area contributed by atoms with E-state index in [1.165, 1.54) is 13.3 Å². The molecule has 1 heterocycles. The number of methoxy groups -OCH3 is 1. The van der Waals surface area contributed by atoms with Gasteiger partial charge >= 0.3 is 6.01 Å². The minimum absolute atomic E-state index is 0.221. The number of carbonyl (C=O) groups is 1. The van der Waals surface area contributed by atoms with Crippen molar-refractivity contribution in [3.05, 3.63) is 35.5 Å². The fourth-order valence-corrected chi connectivity index (χ4v) is 2.13. The molecule has 2 aromatic rings. The SMILES string of the molecule is COc1ncc(NC(=O)C(C)(C)Oc2ccc(Cl)cc2)c(N(C)C)n1. The highest BCUT2D eigenvalue weighted by molar-refractivity contribution is 6.30. The summed E-state index contributed by atoms with van der Waals surface area (Å²) in [5.41, 5.74) is -0.652. The Kier molecular flexibility index (Phi) is 5.69. The van der Waals surface area contributed by atoms with Crippen LogP contribution in [0.1, 0.15) is 13.8 Å². The van der Waals surface area contributed by atoms with E-state index in [0.29, 0.717) is 22.3 Å². The quantitative estimate of drug-likeness (QED) is 0.849. The van der Waals surface area contributed by atoms with Crippen LogP contribution in [0.2, 0.25) is 5.02 Å². The molecular formula is C17H21ClN4O3. The zero-order chi connectivity index (χ0) is 18.6. The predicted octanol–water partition coefficient (Wildman–Crippen LogP) is 3.00. The van der Waals surface area contributed by atoms with Gasteiger partial charge in [0.1, 0.15) is 11.4 Å². The van der Waals surface area contributed by atoms with Crippen molar-refractivity contribution in [1.82, 2.24) is 9.97 Å². The average molecular weight is 365 g/mol. The molecule has 7 nitrogen and oxygen atoms in total. The number of nitrogens with zero attached hydrogens (tertiary/aromatic N) is 3. The van der Waals surface area contributed by atoms with Crippen LogP contribution in [-0.4, -0.2) is 42.7 Å². The Morgan fingerprint density at radius 1 is 1.24 bits per heavy atom. The largest absolute Gasteiger partial charge is 0.478 e. The summed E-state index contributed by atoms with van der Waals surface area (Å²) in [4.78, 5) is 22.7. The first-order valence-electron chi connectivity index (χ1n) is 7.57. The van der Waals surface area contributed by atoms with E-state index in [0.717, 1.165) is 0 Å². The van der Waals surface area contributed by atoms with Crippen molar-refractivity contribution in [2.45, 2.75) is 19.4 Å². The summed E-state index contributed by atoms with van der Waals surface area (Å²) < 4.78 is 10.8. The third-order valence-corrected chi connectivity index (χ3v) is 3.59. The first kappa shape index (κ1) is 18.8. The molecule has 1 aromatic heterocycles. The lowest BCUT2D eigenvalue weighted by Crippen LogP contribution is -2.42. The number of hydrogen-bond acceptors (Lipinski definition) is 6. The van der Waals surface area contributed by atoms with E-state index in [4.69, 9.17) is 21.1 Å². The van der Waals surface area contributed by atoms with Crippen LogP contribution in [0.25, 0.3) is 0 Å². The molecule has 0 spiro atoms. The van der Waals surface area contributed by atoms with Crippen molar-refractivity contribution in [3.8, 4) is 11.8 Å². The Bertz CT molecular complexity index is 748. The van der Waals surface area contributed by atoms with Gasteiger partial charge in [-0.3, -0.25) is 4.79 Å². The average Bonchev–Trinajstić information content (AvgIpc) is 2.56. The van der Waals surface area contributed by atoms with Crippen LogP contribution in [0.15, 0.2) is 30.5 Å². The molecule has 0 aliphatic rings. The Morgan fingerprint density at radius 3 is 2.44 bits per heavy atom. The molecule has 0 saturated heterocycles. The molecule has 0 aliphatic carbocycles. The molecule has 8 heteroatoms. The van der Waals surface area contributed by atoms with Crippen molar-refractivity contribution in [2.75, 3.05) is 31.4 Å². The molecule has 0 unspecified atom stereocenters. The normalized spacial score (nSPS) is 11.0. The first-order valence-corrected chi connectivity index (χ1v) is 7.95. The van der Waals surface area contributed by atoms with Crippen LogP contribution < -0.4 is 19.7 Å². The second-order valence-electron chi connectivity index (χ2n) is 6.01. The summed E-state index contributed by atoms with van der Waals surface area (Å²) in [6, 6.07) is 7.04. The van der Waals surface area contributed by atoms with E-state index in [-0.39, 0.29) is 11.9 Å². The second-order valence-corrected chi connectivity index (χ2v) is 6.45. The number of hydrogen-bond donors (Lipinski definition) is 1. The van der Waals surface area contributed by atoms with Crippen molar-refractivity contribution in [2.24, 2.45) is 0 Å². The van der Waals surface area contributed by atoms with Gasteiger partial charge in [0.25, 0.3) is 5.91 Å². The fraction of sp³-hybridized carbons (Fsp3) is 0.353. The van der Waals surface area contributed by atoms with E-state index in [1.807, 2.05) is 14.1 Å². The van der Waals surface area contributed by atoms with Crippen LogP contribution in [0.5, 0.6) is 11.8 Å². The third-order valence-electron chi connectivity index (χ3n) is 3.33. The predicted molar refractivity (Wildman–Crippen MR) is 97.7 cm³/mol. The number of benzene rings is 1. The van der Waals surface area contributed by atoms with Crippen molar-refractivity contribution in [1.29, 1.82) is 0 Å². The van der Waals surface area contributed by atoms with Crippen LogP contribution in [0.3, 0.4) is 0 Å². The van der Waals surface area contributed by atoms with E-state index < -0.39 is 5.60 Å². The van der Waals surface area contributed by atoms with Gasteiger partial charge in [0.05, 0.1) is 13.3 Å². The molecular weight excluding hydrogens is 344 g/mol. The molecule has 1 amide bonds. The Labute approximate surface area is 151 Å². The van der Waals surface area contributed by atoms with Crippen LogP contribution >= 0.6 is 11.6 Å². The third kappa shape index (κ3) is 4.73. The van der Waals surface area contributed by atoms with Crippen LogP contribution in [-0.2, 0) is 4.79 Å². The molecule has 0 atom stereocenters. The Hall–Kier alpha value is -2.54. The van der Waals surface area contributed by atoms with Gasteiger partial charge in [-0.25, -0.2) is 4.98 Å². The van der Waals surface area contributed by atoms with Gasteiger partial charge in [-0.15, -0.1) is 0 Å². The fourth-order valence-electron chi connectivity index (χ4n) is 2.00. The molecule has 2 rings (SSSR count). The number of aromatic nitrogens is 2. The van der Waals surface area contributed by atoms with E-state index in [2.05, 4.69) is 15.3 Å². The summed E-state index contributed by atoms with van der Waals surface area (Å²) in [5.74, 6) is 0.741. The lowest BCUT2D eigenvalue weighted by molar-refractivity contribution is -0.128. The van der Waals surface area contributed by atoms with Gasteiger partial charge in [0.2, 0.25) is 0 Å². The smallest absolute Gasteiger partial charge is 0.318 e. The highest BCUT2D eigenvalue weighted by Gasteiger charge is 2.31. The minimum atomic E-state index is -1.11. The number of rotatable bonds is 6. The number of nitrogens with one attached hydrogen (secondary N) is 1. The molecule has 134 valence electrons. The standard InChI is InChI=1S/C17H21ClN4O3/c1-17(2,25-12-8-6-11(18)7-9-12)15(23)20-13-10-19-16(24-5)21-14(13)22(3)4/h6-10H,1-5H3,(H,20,23). The highest BCUT2D eigenvalue weighted by atomic mass is 35.5. The monoisotopic (exact) mass is 364 g/mol. The maximum absolute atomic E-state index is 12.7. The molecule has 0 fully saturated rings. The van der Waals surface area contributed by atoms with Gasteiger partial charge in [-0.2, -0.15) is 4.98 Å². The van der Waals surface area contributed by atoms with Crippen molar-refractivity contribution in [3.63, 3.8) is 0 Å². The maximum atomic E-state index is 12.7. The number of ether oxygens (including phenoxy) is 2. The van der Waals surface area contributed by atoms with E-state index in [1.54, 1.807) is 43.0 Å². The molecule has 1 N–H and O–H groups in total. The van der Waals surface area contributed by atoms with E-state index in [9.17, 15) is 4.79 Å². The lowest BCUT2D eigenvalue weighted by atomic mass is 10.1. The molecule has 0 bridgehead atoms. The minimum Gasteiger partial charge on any atom is -0.478 e. The van der Waals surface area contributed by atoms with Gasteiger partial charge < -0.3 is 19.7 Å². The summed E-state index contributed by atoms with van der Waals surface area (Å²) in [6.07, 6.45) is 1.50. The van der Waals surface area contributed by atoms with Gasteiger partial charge in [0, 0.05) is 19.1 Å². The highest BCUT2D eigenvalue weighted by Crippen LogP contribution is 2.26. The van der Waals surface area contributed by atoms with Gasteiger partial charge in [-0.1, -0.05) is 11.6 Å². The number of halogens is 1. The van der Waals surface area contributed by atoms with Gasteiger partial charge in [0.15, 0.2) is 11.4 Å². The molecule has 1 aromatic carbocycles. The number of anilines is 2. The first-order chi connectivity index (χ1) is 11.7. The molecule has 0 saturated carbocycles. The van der Waals surface area contributed by atoms with Gasteiger partial charge in [-0.05, 0) is 38.1 Å². The molecule has 0 radical (unpaired) electrons. The topological polar surface area (TPSA) is 76.6 Å². The Morgan fingerprint density at radius 2 is 1.88 bits per heavy atom. The Balaban J connectivity index is 2.18. The zero-order valence-corrected chi connectivity index (χ0v) is 15.6. The summed E-state index contributed by atoms with van der Waals surface area (Å²) in [6.45, 7) is 3.35. The van der Waals surface area contributed by atoms with Crippen LogP contribution in [0, 0.1) is 0 Å².